The molecule has 6 nitrogen and oxygen atoms in total. The number of fused-ring (bicyclic) bond motifs is 1. The van der Waals surface area contributed by atoms with Crippen molar-refractivity contribution in [1.82, 2.24) is 14.7 Å². The molecule has 1 amide bonds. The molecule has 3 heterocycles. The van der Waals surface area contributed by atoms with Gasteiger partial charge in [0.05, 0.1) is 24.8 Å². The number of aliphatic hydroxyl groups is 1. The molecular formula is C13H14BrN3O3. The summed E-state index contributed by atoms with van der Waals surface area (Å²) in [7, 11) is 0. The van der Waals surface area contributed by atoms with Gasteiger partial charge in [-0.3, -0.25) is 9.20 Å². The van der Waals surface area contributed by atoms with Gasteiger partial charge in [-0.15, -0.1) is 0 Å². The molecule has 2 aromatic rings. The van der Waals surface area contributed by atoms with Gasteiger partial charge in [0.2, 0.25) is 0 Å². The van der Waals surface area contributed by atoms with Crippen molar-refractivity contribution in [2.24, 2.45) is 5.92 Å². The zero-order chi connectivity index (χ0) is 14.1. The predicted molar refractivity (Wildman–Crippen MR) is 75.5 cm³/mol. The van der Waals surface area contributed by atoms with Crippen molar-refractivity contribution in [2.75, 3.05) is 19.8 Å². The molecule has 1 aliphatic heterocycles. The average Bonchev–Trinajstić information content (AvgIpc) is 3.01. The van der Waals surface area contributed by atoms with E-state index in [1.807, 2.05) is 24.4 Å². The first-order chi connectivity index (χ1) is 9.66. The van der Waals surface area contributed by atoms with Crippen molar-refractivity contribution in [3.63, 3.8) is 0 Å². The molecule has 0 radical (unpaired) electrons. The fourth-order valence-electron chi connectivity index (χ4n) is 2.26. The van der Waals surface area contributed by atoms with Crippen LogP contribution in [0.25, 0.3) is 5.52 Å². The van der Waals surface area contributed by atoms with E-state index in [1.54, 1.807) is 4.40 Å². The van der Waals surface area contributed by atoms with E-state index >= 15 is 0 Å². The van der Waals surface area contributed by atoms with Gasteiger partial charge in [0, 0.05) is 18.7 Å². The number of pyridine rings is 1. The highest BCUT2D eigenvalue weighted by atomic mass is 79.9. The molecule has 0 unspecified atom stereocenters. The quantitative estimate of drug-likeness (QED) is 0.868. The highest BCUT2D eigenvalue weighted by Gasteiger charge is 2.27. The fourth-order valence-corrected chi connectivity index (χ4v) is 2.74. The molecule has 1 aliphatic rings. The third-order valence-corrected chi connectivity index (χ3v) is 3.97. The molecule has 7 heteroatoms. The fraction of sp³-hybridized carbons (Fsp3) is 0.385. The van der Waals surface area contributed by atoms with E-state index in [0.717, 1.165) is 5.52 Å². The standard InChI is InChI=1S/C13H14BrN3O3/c14-13-16-11(9-3-1-2-4-17(9)13)12(19)15-5-8-6-20-7-10(8)18/h1-4,8,10,18H,5-7H2,(H,15,19)/t8-,10+/m0/s1. The maximum absolute atomic E-state index is 12.2. The highest BCUT2D eigenvalue weighted by Crippen LogP contribution is 2.17. The number of aliphatic hydroxyl groups excluding tert-OH is 1. The van der Waals surface area contributed by atoms with Gasteiger partial charge in [-0.25, -0.2) is 4.98 Å². The van der Waals surface area contributed by atoms with Crippen LogP contribution in [0.1, 0.15) is 10.5 Å². The Hall–Kier alpha value is -1.44. The number of carbonyl (C=O) groups is 1. The van der Waals surface area contributed by atoms with Crippen molar-refractivity contribution in [2.45, 2.75) is 6.10 Å². The van der Waals surface area contributed by atoms with Gasteiger partial charge in [-0.1, -0.05) is 6.07 Å². The van der Waals surface area contributed by atoms with Crippen LogP contribution in [-0.2, 0) is 4.74 Å². The molecule has 1 saturated heterocycles. The summed E-state index contributed by atoms with van der Waals surface area (Å²) >= 11 is 3.32. The number of halogens is 1. The third kappa shape index (κ3) is 2.44. The van der Waals surface area contributed by atoms with E-state index in [9.17, 15) is 9.90 Å². The Morgan fingerprint density at radius 3 is 3.15 bits per heavy atom. The van der Waals surface area contributed by atoms with Gasteiger partial charge in [0.25, 0.3) is 5.91 Å². The second kappa shape index (κ2) is 5.51. The third-order valence-electron chi connectivity index (χ3n) is 3.41. The smallest absolute Gasteiger partial charge is 0.272 e. The van der Waals surface area contributed by atoms with Crippen molar-refractivity contribution in [3.05, 3.63) is 34.8 Å². The van der Waals surface area contributed by atoms with Crippen LogP contribution in [0, 0.1) is 5.92 Å². The van der Waals surface area contributed by atoms with E-state index in [-0.39, 0.29) is 11.8 Å². The summed E-state index contributed by atoms with van der Waals surface area (Å²) in [6.07, 6.45) is 1.32. The molecule has 106 valence electrons. The lowest BCUT2D eigenvalue weighted by atomic mass is 10.1. The lowest BCUT2D eigenvalue weighted by Crippen LogP contribution is -2.34. The number of amides is 1. The summed E-state index contributed by atoms with van der Waals surface area (Å²) in [6, 6.07) is 5.56. The predicted octanol–water partition coefficient (Wildman–Crippen LogP) is 0.834. The van der Waals surface area contributed by atoms with Gasteiger partial charge >= 0.3 is 0 Å². The summed E-state index contributed by atoms with van der Waals surface area (Å²) in [4.78, 5) is 16.4. The maximum Gasteiger partial charge on any atom is 0.272 e. The van der Waals surface area contributed by atoms with E-state index < -0.39 is 6.10 Å². The number of imidazole rings is 1. The first-order valence-electron chi connectivity index (χ1n) is 6.33. The van der Waals surface area contributed by atoms with E-state index in [4.69, 9.17) is 4.74 Å². The van der Waals surface area contributed by atoms with Crippen LogP contribution in [0.3, 0.4) is 0 Å². The minimum atomic E-state index is -0.513. The summed E-state index contributed by atoms with van der Waals surface area (Å²) < 4.78 is 7.53. The van der Waals surface area contributed by atoms with E-state index in [1.165, 1.54) is 0 Å². The number of carbonyl (C=O) groups excluding carboxylic acids is 1. The summed E-state index contributed by atoms with van der Waals surface area (Å²) in [5.74, 6) is -0.310. The number of hydrogen-bond acceptors (Lipinski definition) is 4. The second-order valence-corrected chi connectivity index (χ2v) is 5.47. The largest absolute Gasteiger partial charge is 0.390 e. The highest BCUT2D eigenvalue weighted by molar-refractivity contribution is 9.10. The number of nitrogens with one attached hydrogen (secondary N) is 1. The van der Waals surface area contributed by atoms with Crippen molar-refractivity contribution < 1.29 is 14.6 Å². The lowest BCUT2D eigenvalue weighted by Gasteiger charge is -2.12. The molecule has 0 bridgehead atoms. The van der Waals surface area contributed by atoms with Gasteiger partial charge in [-0.05, 0) is 28.1 Å². The van der Waals surface area contributed by atoms with Crippen LogP contribution in [0.5, 0.6) is 0 Å². The molecule has 0 spiro atoms. The second-order valence-electron chi connectivity index (χ2n) is 4.76. The number of hydrogen-bond donors (Lipinski definition) is 2. The molecule has 0 saturated carbocycles. The van der Waals surface area contributed by atoms with Gasteiger partial charge < -0.3 is 15.2 Å². The minimum absolute atomic E-state index is 0.0590. The zero-order valence-corrected chi connectivity index (χ0v) is 12.2. The topological polar surface area (TPSA) is 75.9 Å². The molecular weight excluding hydrogens is 326 g/mol. The maximum atomic E-state index is 12.2. The van der Waals surface area contributed by atoms with Crippen LogP contribution < -0.4 is 5.32 Å². The summed E-state index contributed by atoms with van der Waals surface area (Å²) in [5, 5.41) is 12.4. The Kier molecular flexibility index (Phi) is 3.73. The lowest BCUT2D eigenvalue weighted by molar-refractivity contribution is 0.0922. The first-order valence-corrected chi connectivity index (χ1v) is 7.12. The Morgan fingerprint density at radius 1 is 1.55 bits per heavy atom. The average molecular weight is 340 g/mol. The van der Waals surface area contributed by atoms with Gasteiger partial charge in [-0.2, -0.15) is 0 Å². The summed E-state index contributed by atoms with van der Waals surface area (Å²) in [5.41, 5.74) is 1.10. The Bertz CT molecular complexity index is 643. The van der Waals surface area contributed by atoms with Crippen molar-refractivity contribution in [3.8, 4) is 0 Å². The van der Waals surface area contributed by atoms with Crippen LogP contribution in [0.2, 0.25) is 0 Å². The molecule has 3 rings (SSSR count). The van der Waals surface area contributed by atoms with E-state index in [0.29, 0.717) is 30.2 Å². The normalized spacial score (nSPS) is 22.3. The Balaban J connectivity index is 1.76. The first kappa shape index (κ1) is 13.5. The Morgan fingerprint density at radius 2 is 2.40 bits per heavy atom. The molecule has 2 atom stereocenters. The van der Waals surface area contributed by atoms with Crippen molar-refractivity contribution in [1.29, 1.82) is 0 Å². The zero-order valence-electron chi connectivity index (χ0n) is 10.6. The minimum Gasteiger partial charge on any atom is -0.390 e. The van der Waals surface area contributed by atoms with Crippen LogP contribution in [0.4, 0.5) is 0 Å². The van der Waals surface area contributed by atoms with Crippen molar-refractivity contribution >= 4 is 27.4 Å². The summed E-state index contributed by atoms with van der Waals surface area (Å²) in [6.45, 7) is 1.18. The molecule has 1 fully saturated rings. The van der Waals surface area contributed by atoms with Crippen LogP contribution in [-0.4, -0.2) is 46.3 Å². The molecule has 2 aromatic heterocycles. The molecule has 0 aliphatic carbocycles. The SMILES string of the molecule is O=C(NC[C@H]1COC[C@H]1O)c1nc(Br)n2ccccc12. The van der Waals surface area contributed by atoms with Crippen LogP contribution in [0.15, 0.2) is 29.1 Å². The molecule has 2 N–H and O–H groups in total. The molecule has 20 heavy (non-hydrogen) atoms. The molecule has 0 aromatic carbocycles. The number of aromatic nitrogens is 2. The number of rotatable bonds is 3. The van der Waals surface area contributed by atoms with Gasteiger partial charge in [0.1, 0.15) is 0 Å². The number of ether oxygens (including phenoxy) is 1. The van der Waals surface area contributed by atoms with E-state index in [2.05, 4.69) is 26.2 Å². The number of nitrogens with zero attached hydrogens (tertiary/aromatic N) is 2. The van der Waals surface area contributed by atoms with Gasteiger partial charge in [0.15, 0.2) is 10.4 Å². The monoisotopic (exact) mass is 339 g/mol. The Labute approximate surface area is 123 Å². The van der Waals surface area contributed by atoms with Crippen LogP contribution >= 0.6 is 15.9 Å².